The Kier molecular flexibility index (Phi) is 2.93. The van der Waals surface area contributed by atoms with Crippen molar-refractivity contribution in [1.82, 2.24) is 0 Å². The van der Waals surface area contributed by atoms with Gasteiger partial charge in [-0.1, -0.05) is 42.0 Å². The molecule has 0 fully saturated rings. The smallest absolute Gasteiger partial charge is 0.104 e. The van der Waals surface area contributed by atoms with Crippen molar-refractivity contribution < 1.29 is 5.11 Å². The summed E-state index contributed by atoms with van der Waals surface area (Å²) in [6, 6.07) is 15.2. The fourth-order valence-electron chi connectivity index (χ4n) is 1.67. The summed E-state index contributed by atoms with van der Waals surface area (Å²) in [5, 5.41) is 10.2. The topological polar surface area (TPSA) is 46.2 Å². The Morgan fingerprint density at radius 1 is 1.00 bits per heavy atom. The maximum Gasteiger partial charge on any atom is 0.104 e. The first-order chi connectivity index (χ1) is 7.66. The number of hydrogen-bond acceptors (Lipinski definition) is 2. The van der Waals surface area contributed by atoms with Crippen LogP contribution in [0.25, 0.3) is 0 Å². The van der Waals surface area contributed by atoms with Crippen molar-refractivity contribution in [3.8, 4) is 0 Å². The number of anilines is 1. The Morgan fingerprint density at radius 3 is 2.31 bits per heavy atom. The molecule has 0 radical (unpaired) electrons. The SMILES string of the molecule is Cc1ccc([C@H](O)c2cccc(N)c2)cc1. The van der Waals surface area contributed by atoms with Gasteiger partial charge < -0.3 is 10.8 Å². The normalized spacial score (nSPS) is 12.4. The molecule has 0 saturated carbocycles. The maximum absolute atomic E-state index is 10.2. The zero-order valence-corrected chi connectivity index (χ0v) is 9.22. The van der Waals surface area contributed by atoms with Crippen LogP contribution in [-0.2, 0) is 0 Å². The van der Waals surface area contributed by atoms with Crippen LogP contribution in [0, 0.1) is 6.92 Å². The van der Waals surface area contributed by atoms with Gasteiger partial charge in [-0.15, -0.1) is 0 Å². The Hall–Kier alpha value is -1.80. The van der Waals surface area contributed by atoms with Crippen molar-refractivity contribution in [2.75, 3.05) is 5.73 Å². The quantitative estimate of drug-likeness (QED) is 0.753. The predicted octanol–water partition coefficient (Wildman–Crippen LogP) is 2.66. The minimum absolute atomic E-state index is 0.607. The summed E-state index contributed by atoms with van der Waals surface area (Å²) < 4.78 is 0. The third-order valence-electron chi connectivity index (χ3n) is 2.62. The highest BCUT2D eigenvalue weighted by molar-refractivity contribution is 5.43. The molecule has 16 heavy (non-hydrogen) atoms. The first kappa shape index (κ1) is 10.7. The molecule has 0 spiro atoms. The van der Waals surface area contributed by atoms with Crippen LogP contribution < -0.4 is 5.73 Å². The van der Waals surface area contributed by atoms with Crippen molar-refractivity contribution in [3.63, 3.8) is 0 Å². The van der Waals surface area contributed by atoms with Gasteiger partial charge in [-0.2, -0.15) is 0 Å². The second-order valence-corrected chi connectivity index (χ2v) is 3.98. The number of nitrogen functional groups attached to an aromatic ring is 1. The first-order valence-corrected chi connectivity index (χ1v) is 5.27. The van der Waals surface area contributed by atoms with E-state index in [1.807, 2.05) is 49.4 Å². The number of nitrogens with two attached hydrogens (primary N) is 1. The van der Waals surface area contributed by atoms with Gasteiger partial charge >= 0.3 is 0 Å². The fourth-order valence-corrected chi connectivity index (χ4v) is 1.67. The van der Waals surface area contributed by atoms with Crippen molar-refractivity contribution >= 4 is 5.69 Å². The molecule has 0 aliphatic rings. The summed E-state index contributed by atoms with van der Waals surface area (Å²) in [6.07, 6.45) is -0.607. The van der Waals surface area contributed by atoms with E-state index in [9.17, 15) is 5.11 Å². The molecule has 2 nitrogen and oxygen atoms in total. The molecule has 3 N–H and O–H groups in total. The van der Waals surface area contributed by atoms with Gasteiger partial charge in [0, 0.05) is 5.69 Å². The Balaban J connectivity index is 2.31. The molecule has 0 heterocycles. The molecule has 2 aromatic rings. The zero-order valence-electron chi connectivity index (χ0n) is 9.22. The highest BCUT2D eigenvalue weighted by Gasteiger charge is 2.09. The van der Waals surface area contributed by atoms with Gasteiger partial charge in [-0.25, -0.2) is 0 Å². The standard InChI is InChI=1S/C14H15NO/c1-10-5-7-11(8-6-10)14(16)12-3-2-4-13(15)9-12/h2-9,14,16H,15H2,1H3/t14-/m0/s1. The second-order valence-electron chi connectivity index (χ2n) is 3.98. The summed E-state index contributed by atoms with van der Waals surface area (Å²) >= 11 is 0. The number of aliphatic hydroxyl groups excluding tert-OH is 1. The number of rotatable bonds is 2. The molecular formula is C14H15NO. The molecule has 2 rings (SSSR count). The molecule has 82 valence electrons. The molecule has 0 aliphatic heterocycles. The first-order valence-electron chi connectivity index (χ1n) is 5.27. The summed E-state index contributed by atoms with van der Waals surface area (Å²) in [5.41, 5.74) is 9.25. The predicted molar refractivity (Wildman–Crippen MR) is 66.1 cm³/mol. The van der Waals surface area contributed by atoms with E-state index in [1.165, 1.54) is 5.56 Å². The molecule has 2 aromatic carbocycles. The van der Waals surface area contributed by atoms with Gasteiger partial charge in [-0.3, -0.25) is 0 Å². The Labute approximate surface area is 95.4 Å². The lowest BCUT2D eigenvalue weighted by Gasteiger charge is -2.12. The highest BCUT2D eigenvalue weighted by atomic mass is 16.3. The highest BCUT2D eigenvalue weighted by Crippen LogP contribution is 2.23. The van der Waals surface area contributed by atoms with Crippen LogP contribution >= 0.6 is 0 Å². The average Bonchev–Trinajstić information content (AvgIpc) is 2.29. The lowest BCUT2D eigenvalue weighted by molar-refractivity contribution is 0.220. The maximum atomic E-state index is 10.2. The molecule has 0 bridgehead atoms. The Bertz CT molecular complexity index is 476. The van der Waals surface area contributed by atoms with Crippen molar-refractivity contribution in [3.05, 3.63) is 65.2 Å². The molecule has 0 aliphatic carbocycles. The Morgan fingerprint density at radius 2 is 1.69 bits per heavy atom. The van der Waals surface area contributed by atoms with Gasteiger partial charge in [0.15, 0.2) is 0 Å². The lowest BCUT2D eigenvalue weighted by Crippen LogP contribution is -2.00. The third kappa shape index (κ3) is 2.23. The molecule has 0 aromatic heterocycles. The largest absolute Gasteiger partial charge is 0.399 e. The summed E-state index contributed by atoms with van der Waals surface area (Å²) in [6.45, 7) is 2.02. The number of aryl methyl sites for hydroxylation is 1. The van der Waals surface area contributed by atoms with E-state index in [0.29, 0.717) is 5.69 Å². The molecule has 2 heteroatoms. The van der Waals surface area contributed by atoms with Crippen molar-refractivity contribution in [2.45, 2.75) is 13.0 Å². The van der Waals surface area contributed by atoms with Crippen LogP contribution in [0.1, 0.15) is 22.8 Å². The zero-order chi connectivity index (χ0) is 11.5. The molecule has 0 unspecified atom stereocenters. The van der Waals surface area contributed by atoms with Crippen molar-refractivity contribution in [1.29, 1.82) is 0 Å². The van der Waals surface area contributed by atoms with E-state index >= 15 is 0 Å². The van der Waals surface area contributed by atoms with Crippen LogP contribution in [0.3, 0.4) is 0 Å². The monoisotopic (exact) mass is 213 g/mol. The summed E-state index contributed by atoms with van der Waals surface area (Å²) in [5.74, 6) is 0. The van der Waals surface area contributed by atoms with Crippen molar-refractivity contribution in [2.24, 2.45) is 0 Å². The fraction of sp³-hybridized carbons (Fsp3) is 0.143. The van der Waals surface area contributed by atoms with Crippen LogP contribution in [0.4, 0.5) is 5.69 Å². The van der Waals surface area contributed by atoms with Crippen LogP contribution in [0.5, 0.6) is 0 Å². The summed E-state index contributed by atoms with van der Waals surface area (Å²) in [7, 11) is 0. The molecule has 0 saturated heterocycles. The van der Waals surface area contributed by atoms with E-state index in [2.05, 4.69) is 0 Å². The lowest BCUT2D eigenvalue weighted by atomic mass is 10.0. The van der Waals surface area contributed by atoms with Crippen LogP contribution in [-0.4, -0.2) is 5.11 Å². The minimum atomic E-state index is -0.607. The summed E-state index contributed by atoms with van der Waals surface area (Å²) in [4.78, 5) is 0. The molecular weight excluding hydrogens is 198 g/mol. The average molecular weight is 213 g/mol. The van der Waals surface area contributed by atoms with Crippen LogP contribution in [0.2, 0.25) is 0 Å². The van der Waals surface area contributed by atoms with Gasteiger partial charge in [0.1, 0.15) is 6.10 Å². The number of aliphatic hydroxyl groups is 1. The van der Waals surface area contributed by atoms with Gasteiger partial charge in [0.2, 0.25) is 0 Å². The number of hydrogen-bond donors (Lipinski definition) is 2. The molecule has 0 amide bonds. The number of benzene rings is 2. The second kappa shape index (κ2) is 4.37. The molecule has 1 atom stereocenters. The van der Waals surface area contributed by atoms with E-state index in [-0.39, 0.29) is 0 Å². The van der Waals surface area contributed by atoms with Gasteiger partial charge in [0.05, 0.1) is 0 Å². The van der Waals surface area contributed by atoms with Crippen LogP contribution in [0.15, 0.2) is 48.5 Å². The van der Waals surface area contributed by atoms with Gasteiger partial charge in [0.25, 0.3) is 0 Å². The van der Waals surface area contributed by atoms with E-state index < -0.39 is 6.10 Å². The van der Waals surface area contributed by atoms with E-state index in [0.717, 1.165) is 11.1 Å². The van der Waals surface area contributed by atoms with E-state index in [4.69, 9.17) is 5.73 Å². The minimum Gasteiger partial charge on any atom is -0.399 e. The third-order valence-corrected chi connectivity index (χ3v) is 2.62. The van der Waals surface area contributed by atoms with Gasteiger partial charge in [-0.05, 0) is 30.2 Å². The van der Waals surface area contributed by atoms with E-state index in [1.54, 1.807) is 6.07 Å².